The highest BCUT2D eigenvalue weighted by molar-refractivity contribution is 5.92. The molecule has 0 aliphatic heterocycles. The Balaban J connectivity index is 1.72. The fourth-order valence-electron chi connectivity index (χ4n) is 2.74. The van der Waals surface area contributed by atoms with Crippen LogP contribution in [0.1, 0.15) is 16.7 Å². The maximum Gasteiger partial charge on any atom is 0.248 e. The second-order valence-electron chi connectivity index (χ2n) is 5.98. The maximum absolute atomic E-state index is 13.3. The van der Waals surface area contributed by atoms with Gasteiger partial charge in [-0.05, 0) is 49.2 Å². The lowest BCUT2D eigenvalue weighted by atomic mass is 10.1. The monoisotopic (exact) mass is 339 g/mol. The number of amides is 1. The van der Waals surface area contributed by atoms with Crippen LogP contribution in [-0.2, 0) is 11.3 Å². The largest absolute Gasteiger partial charge is 0.324 e. The van der Waals surface area contributed by atoms with E-state index in [0.29, 0.717) is 5.56 Å². The minimum atomic E-state index is -0.378. The molecule has 7 heteroatoms. The van der Waals surface area contributed by atoms with E-state index >= 15 is 0 Å². The van der Waals surface area contributed by atoms with Crippen molar-refractivity contribution in [2.24, 2.45) is 0 Å². The van der Waals surface area contributed by atoms with Crippen molar-refractivity contribution in [2.75, 3.05) is 5.32 Å². The van der Waals surface area contributed by atoms with Crippen LogP contribution in [0.2, 0.25) is 0 Å². The fraction of sp³-hybridized carbons (Fsp3) is 0.222. The minimum Gasteiger partial charge on any atom is -0.324 e. The van der Waals surface area contributed by atoms with Gasteiger partial charge in [0.05, 0.1) is 0 Å². The molecule has 3 aromatic rings. The number of hydrogen-bond donors (Lipinski definition) is 1. The van der Waals surface area contributed by atoms with Crippen LogP contribution in [0.25, 0.3) is 11.4 Å². The molecule has 0 saturated heterocycles. The van der Waals surface area contributed by atoms with Crippen molar-refractivity contribution >= 4 is 11.6 Å². The molecule has 0 radical (unpaired) electrons. The molecule has 6 nitrogen and oxygen atoms in total. The highest BCUT2D eigenvalue weighted by atomic mass is 19.1. The maximum atomic E-state index is 13.3. The average Bonchev–Trinajstić information content (AvgIpc) is 2.99. The second kappa shape index (κ2) is 6.80. The number of carbonyl (C=O) groups excluding carboxylic acids is 1. The van der Waals surface area contributed by atoms with Crippen molar-refractivity contribution in [2.45, 2.75) is 27.3 Å². The minimum absolute atomic E-state index is 0.0743. The first-order valence-electron chi connectivity index (χ1n) is 7.84. The van der Waals surface area contributed by atoms with Crippen LogP contribution in [0.4, 0.5) is 10.1 Å². The van der Waals surface area contributed by atoms with E-state index in [0.717, 1.165) is 22.4 Å². The van der Waals surface area contributed by atoms with Crippen molar-refractivity contribution in [3.05, 3.63) is 58.9 Å². The van der Waals surface area contributed by atoms with Gasteiger partial charge in [-0.15, -0.1) is 10.2 Å². The van der Waals surface area contributed by atoms with E-state index in [-0.39, 0.29) is 24.1 Å². The molecule has 0 aliphatic carbocycles. The molecule has 0 unspecified atom stereocenters. The summed E-state index contributed by atoms with van der Waals surface area (Å²) in [4.78, 5) is 13.5. The van der Waals surface area contributed by atoms with E-state index < -0.39 is 0 Å². The van der Waals surface area contributed by atoms with E-state index in [1.807, 2.05) is 32.9 Å². The van der Waals surface area contributed by atoms with E-state index in [4.69, 9.17) is 0 Å². The van der Waals surface area contributed by atoms with Crippen LogP contribution >= 0.6 is 0 Å². The molecule has 2 aromatic carbocycles. The third-order valence-corrected chi connectivity index (χ3v) is 3.76. The van der Waals surface area contributed by atoms with Crippen LogP contribution in [0.5, 0.6) is 0 Å². The van der Waals surface area contributed by atoms with Gasteiger partial charge in [-0.25, -0.2) is 4.39 Å². The van der Waals surface area contributed by atoms with Crippen LogP contribution < -0.4 is 5.32 Å². The van der Waals surface area contributed by atoms with Crippen molar-refractivity contribution in [3.8, 4) is 11.4 Å². The molecule has 1 N–H and O–H groups in total. The van der Waals surface area contributed by atoms with Gasteiger partial charge in [0, 0.05) is 11.3 Å². The Labute approximate surface area is 144 Å². The number of carbonyl (C=O) groups is 1. The summed E-state index contributed by atoms with van der Waals surface area (Å²) in [5, 5.41) is 14.7. The first kappa shape index (κ1) is 16.8. The summed E-state index contributed by atoms with van der Waals surface area (Å²) >= 11 is 0. The lowest BCUT2D eigenvalue weighted by Crippen LogP contribution is -2.21. The van der Waals surface area contributed by atoms with Gasteiger partial charge in [-0.2, -0.15) is 4.80 Å². The zero-order valence-corrected chi connectivity index (χ0v) is 14.2. The number of hydrogen-bond acceptors (Lipinski definition) is 4. The van der Waals surface area contributed by atoms with Gasteiger partial charge in [0.2, 0.25) is 11.7 Å². The molecule has 0 bridgehead atoms. The molecule has 0 atom stereocenters. The molecule has 1 amide bonds. The number of nitrogens with one attached hydrogen (secondary N) is 1. The highest BCUT2D eigenvalue weighted by Crippen LogP contribution is 2.22. The third kappa shape index (κ3) is 3.88. The van der Waals surface area contributed by atoms with Crippen LogP contribution in [-0.4, -0.2) is 26.1 Å². The number of anilines is 1. The van der Waals surface area contributed by atoms with E-state index in [1.165, 1.54) is 16.9 Å². The van der Waals surface area contributed by atoms with Gasteiger partial charge in [0.1, 0.15) is 12.4 Å². The van der Waals surface area contributed by atoms with Gasteiger partial charge >= 0.3 is 0 Å². The van der Waals surface area contributed by atoms with Gasteiger partial charge < -0.3 is 5.32 Å². The fourth-order valence-corrected chi connectivity index (χ4v) is 2.74. The summed E-state index contributed by atoms with van der Waals surface area (Å²) in [6.45, 7) is 5.84. The number of rotatable bonds is 4. The Kier molecular flexibility index (Phi) is 4.56. The Hall–Kier alpha value is -3.09. The molecule has 128 valence electrons. The number of aryl methyl sites for hydroxylation is 3. The van der Waals surface area contributed by atoms with Crippen molar-refractivity contribution in [1.82, 2.24) is 20.2 Å². The molecule has 0 spiro atoms. The van der Waals surface area contributed by atoms with Crippen molar-refractivity contribution < 1.29 is 9.18 Å². The quantitative estimate of drug-likeness (QED) is 0.793. The summed E-state index contributed by atoms with van der Waals surface area (Å²) < 4.78 is 13.3. The zero-order valence-electron chi connectivity index (χ0n) is 14.2. The molecular weight excluding hydrogens is 321 g/mol. The van der Waals surface area contributed by atoms with Gasteiger partial charge in [-0.1, -0.05) is 29.8 Å². The standard InChI is InChI=1S/C18H18FN5O/c1-11-7-12(2)17(13(3)8-11)20-16(25)10-24-22-18(21-23-24)14-5-4-6-15(19)9-14/h4-9H,10H2,1-3H3,(H,20,25). The van der Waals surface area contributed by atoms with E-state index in [2.05, 4.69) is 20.7 Å². The lowest BCUT2D eigenvalue weighted by molar-refractivity contribution is -0.117. The Bertz CT molecular complexity index is 912. The normalized spacial score (nSPS) is 10.7. The molecule has 25 heavy (non-hydrogen) atoms. The molecule has 3 rings (SSSR count). The molecule has 0 aliphatic rings. The van der Waals surface area contributed by atoms with E-state index in [9.17, 15) is 9.18 Å². The van der Waals surface area contributed by atoms with Crippen LogP contribution in [0, 0.1) is 26.6 Å². The van der Waals surface area contributed by atoms with Crippen molar-refractivity contribution in [1.29, 1.82) is 0 Å². The first-order chi connectivity index (χ1) is 11.9. The number of benzene rings is 2. The summed E-state index contributed by atoms with van der Waals surface area (Å²) in [5.41, 5.74) is 4.44. The second-order valence-corrected chi connectivity index (χ2v) is 5.98. The molecular formula is C18H18FN5O. The predicted molar refractivity (Wildman–Crippen MR) is 92.5 cm³/mol. The summed E-state index contributed by atoms with van der Waals surface area (Å²) in [5.74, 6) is -0.356. The first-order valence-corrected chi connectivity index (χ1v) is 7.84. The average molecular weight is 339 g/mol. The van der Waals surface area contributed by atoms with Gasteiger partial charge in [0.25, 0.3) is 0 Å². The van der Waals surface area contributed by atoms with Gasteiger partial charge in [0.15, 0.2) is 0 Å². The van der Waals surface area contributed by atoms with Crippen LogP contribution in [0.15, 0.2) is 36.4 Å². The smallest absolute Gasteiger partial charge is 0.248 e. The Morgan fingerprint density at radius 2 is 1.88 bits per heavy atom. The Morgan fingerprint density at radius 3 is 2.56 bits per heavy atom. The number of halogens is 1. The van der Waals surface area contributed by atoms with Crippen molar-refractivity contribution in [3.63, 3.8) is 0 Å². The number of tetrazole rings is 1. The lowest BCUT2D eigenvalue weighted by Gasteiger charge is -2.12. The SMILES string of the molecule is Cc1cc(C)c(NC(=O)Cn2nnc(-c3cccc(F)c3)n2)c(C)c1. The topological polar surface area (TPSA) is 72.7 Å². The predicted octanol–water partition coefficient (Wildman–Crippen LogP) is 3.04. The molecule has 1 heterocycles. The highest BCUT2D eigenvalue weighted by Gasteiger charge is 2.12. The summed E-state index contributed by atoms with van der Waals surface area (Å²) in [7, 11) is 0. The third-order valence-electron chi connectivity index (χ3n) is 3.76. The zero-order chi connectivity index (χ0) is 18.0. The Morgan fingerprint density at radius 1 is 1.16 bits per heavy atom. The molecule has 0 saturated carbocycles. The summed E-state index contributed by atoms with van der Waals surface area (Å²) in [6.07, 6.45) is 0. The number of nitrogens with zero attached hydrogens (tertiary/aromatic N) is 4. The van der Waals surface area contributed by atoms with Crippen LogP contribution in [0.3, 0.4) is 0 Å². The molecule has 1 aromatic heterocycles. The van der Waals surface area contributed by atoms with Gasteiger partial charge in [-0.3, -0.25) is 4.79 Å². The molecule has 0 fully saturated rings. The van der Waals surface area contributed by atoms with E-state index in [1.54, 1.807) is 12.1 Å². The summed E-state index contributed by atoms with van der Waals surface area (Å²) in [6, 6.07) is 9.94. The number of aromatic nitrogens is 4.